The molecule has 0 saturated heterocycles. The summed E-state index contributed by atoms with van der Waals surface area (Å²) >= 11 is 0. The van der Waals surface area contributed by atoms with E-state index in [-0.39, 0.29) is 5.69 Å². The lowest BCUT2D eigenvalue weighted by atomic mass is 10.2. The molecule has 6 heteroatoms. The molecule has 1 unspecified atom stereocenters. The molecule has 0 spiro atoms. The van der Waals surface area contributed by atoms with E-state index in [1.165, 1.54) is 6.07 Å². The summed E-state index contributed by atoms with van der Waals surface area (Å²) in [5.41, 5.74) is 1.83. The largest absolute Gasteiger partial charge is 0.385 e. The fourth-order valence-corrected chi connectivity index (χ4v) is 2.01. The molecule has 0 aliphatic heterocycles. The monoisotopic (exact) mass is 256 g/mol. The van der Waals surface area contributed by atoms with Gasteiger partial charge >= 0.3 is 0 Å². The molecule has 1 aromatic carbocycles. The van der Waals surface area contributed by atoms with Gasteiger partial charge in [-0.1, -0.05) is 0 Å². The van der Waals surface area contributed by atoms with Gasteiger partial charge in [0.05, 0.1) is 4.92 Å². The van der Waals surface area contributed by atoms with Gasteiger partial charge in [0.15, 0.2) is 0 Å². The maximum Gasteiger partial charge on any atom is 0.269 e. The van der Waals surface area contributed by atoms with Crippen LogP contribution in [-0.4, -0.2) is 27.7 Å². The van der Waals surface area contributed by atoms with Crippen molar-refractivity contribution in [3.63, 3.8) is 0 Å². The van der Waals surface area contributed by atoms with E-state index in [2.05, 4.69) is 5.32 Å². The Kier molecular flexibility index (Phi) is 5.09. The van der Waals surface area contributed by atoms with Crippen LogP contribution in [0.1, 0.15) is 12.0 Å². The van der Waals surface area contributed by atoms with Gasteiger partial charge in [-0.25, -0.2) is 0 Å². The molecule has 0 radical (unpaired) electrons. The zero-order valence-electron chi connectivity index (χ0n) is 9.93. The standard InChI is InChI=1S/C11H16N2O3S/c1-9-8-10(13(14)15)4-5-11(9)12-6-3-7-17(2)16/h4-5,8,12H,3,6-7H2,1-2H3. The molecule has 0 bridgehead atoms. The van der Waals surface area contributed by atoms with E-state index in [1.54, 1.807) is 18.4 Å². The van der Waals surface area contributed by atoms with Crippen LogP contribution in [0.2, 0.25) is 0 Å². The Hall–Kier alpha value is -1.43. The first-order valence-electron chi connectivity index (χ1n) is 5.29. The highest BCUT2D eigenvalue weighted by molar-refractivity contribution is 7.84. The van der Waals surface area contributed by atoms with Gasteiger partial charge in [-0.3, -0.25) is 14.3 Å². The van der Waals surface area contributed by atoms with E-state index in [0.717, 1.165) is 24.2 Å². The number of anilines is 1. The molecular formula is C11H16N2O3S. The third kappa shape index (κ3) is 4.52. The SMILES string of the molecule is Cc1cc([N+](=O)[O-])ccc1NCCCS(C)=O. The number of rotatable bonds is 6. The predicted molar refractivity (Wildman–Crippen MR) is 69.9 cm³/mol. The van der Waals surface area contributed by atoms with Gasteiger partial charge in [0.2, 0.25) is 0 Å². The van der Waals surface area contributed by atoms with Crippen LogP contribution < -0.4 is 5.32 Å². The Labute approximate surface area is 103 Å². The van der Waals surface area contributed by atoms with E-state index in [1.807, 2.05) is 6.92 Å². The minimum absolute atomic E-state index is 0.0997. The number of hydrogen-bond acceptors (Lipinski definition) is 4. The average Bonchev–Trinajstić information content (AvgIpc) is 2.25. The van der Waals surface area contributed by atoms with E-state index in [9.17, 15) is 14.3 Å². The highest BCUT2D eigenvalue weighted by Gasteiger charge is 2.07. The zero-order valence-corrected chi connectivity index (χ0v) is 10.8. The summed E-state index contributed by atoms with van der Waals surface area (Å²) in [5.74, 6) is 0.666. The molecule has 5 nitrogen and oxygen atoms in total. The molecule has 0 aliphatic carbocycles. The van der Waals surface area contributed by atoms with Gasteiger partial charge in [0, 0.05) is 47.2 Å². The molecule has 0 aromatic heterocycles. The fraction of sp³-hybridized carbons (Fsp3) is 0.455. The normalized spacial score (nSPS) is 12.1. The second-order valence-electron chi connectivity index (χ2n) is 3.81. The molecule has 1 rings (SSSR count). The van der Waals surface area contributed by atoms with Gasteiger partial charge in [0.1, 0.15) is 0 Å². The smallest absolute Gasteiger partial charge is 0.269 e. The number of hydrogen-bond donors (Lipinski definition) is 1. The Balaban J connectivity index is 2.54. The fourth-order valence-electron chi connectivity index (χ4n) is 1.46. The minimum atomic E-state index is -0.768. The molecule has 1 atom stereocenters. The van der Waals surface area contributed by atoms with Crippen LogP contribution in [0.15, 0.2) is 18.2 Å². The maximum absolute atomic E-state index is 10.9. The van der Waals surface area contributed by atoms with Crippen molar-refractivity contribution >= 4 is 22.2 Å². The van der Waals surface area contributed by atoms with E-state index >= 15 is 0 Å². The molecule has 1 aromatic rings. The van der Waals surface area contributed by atoms with Gasteiger partial charge in [-0.15, -0.1) is 0 Å². The number of nitro benzene ring substituents is 1. The van der Waals surface area contributed by atoms with Crippen molar-refractivity contribution in [2.75, 3.05) is 23.9 Å². The van der Waals surface area contributed by atoms with Crippen molar-refractivity contribution in [3.05, 3.63) is 33.9 Å². The molecule has 17 heavy (non-hydrogen) atoms. The first-order valence-corrected chi connectivity index (χ1v) is 7.02. The minimum Gasteiger partial charge on any atom is -0.385 e. The maximum atomic E-state index is 10.9. The van der Waals surface area contributed by atoms with Crippen LogP contribution in [-0.2, 0) is 10.8 Å². The number of non-ortho nitro benzene ring substituents is 1. The molecule has 94 valence electrons. The third-order valence-electron chi connectivity index (χ3n) is 2.34. The van der Waals surface area contributed by atoms with Crippen molar-refractivity contribution in [2.45, 2.75) is 13.3 Å². The highest BCUT2D eigenvalue weighted by atomic mass is 32.2. The van der Waals surface area contributed by atoms with Gasteiger partial charge < -0.3 is 5.32 Å². The van der Waals surface area contributed by atoms with E-state index < -0.39 is 15.7 Å². The summed E-state index contributed by atoms with van der Waals surface area (Å²) in [6, 6.07) is 4.73. The number of aryl methyl sites for hydroxylation is 1. The van der Waals surface area contributed by atoms with E-state index in [4.69, 9.17) is 0 Å². The Bertz CT molecular complexity index is 435. The summed E-state index contributed by atoms with van der Waals surface area (Å²) in [6.07, 6.45) is 2.50. The molecule has 0 saturated carbocycles. The van der Waals surface area contributed by atoms with Crippen molar-refractivity contribution in [2.24, 2.45) is 0 Å². The zero-order chi connectivity index (χ0) is 12.8. The van der Waals surface area contributed by atoms with E-state index in [0.29, 0.717) is 5.75 Å². The summed E-state index contributed by atoms with van der Waals surface area (Å²) < 4.78 is 10.9. The number of nitro groups is 1. The number of benzene rings is 1. The van der Waals surface area contributed by atoms with Crippen LogP contribution in [0.3, 0.4) is 0 Å². The van der Waals surface area contributed by atoms with Gasteiger partial charge in [0.25, 0.3) is 5.69 Å². The quantitative estimate of drug-likeness (QED) is 0.480. The van der Waals surface area contributed by atoms with Gasteiger partial charge in [-0.05, 0) is 25.0 Å². The second-order valence-corrected chi connectivity index (χ2v) is 5.37. The van der Waals surface area contributed by atoms with Gasteiger partial charge in [-0.2, -0.15) is 0 Å². The average molecular weight is 256 g/mol. The lowest BCUT2D eigenvalue weighted by molar-refractivity contribution is -0.384. The first kappa shape index (κ1) is 13.6. The first-order chi connectivity index (χ1) is 8.00. The van der Waals surface area contributed by atoms with Crippen molar-refractivity contribution in [3.8, 4) is 0 Å². The molecule has 0 fully saturated rings. The molecule has 0 amide bonds. The Morgan fingerprint density at radius 2 is 2.18 bits per heavy atom. The molecular weight excluding hydrogens is 240 g/mol. The topological polar surface area (TPSA) is 72.2 Å². The third-order valence-corrected chi connectivity index (χ3v) is 3.21. The predicted octanol–water partition coefficient (Wildman–Crippen LogP) is 2.08. The summed E-state index contributed by atoms with van der Waals surface area (Å²) in [4.78, 5) is 10.1. The molecule has 1 N–H and O–H groups in total. The van der Waals surface area contributed by atoms with Crippen LogP contribution in [0.4, 0.5) is 11.4 Å². The lowest BCUT2D eigenvalue weighted by Crippen LogP contribution is -2.07. The van der Waals surface area contributed by atoms with Crippen molar-refractivity contribution in [1.29, 1.82) is 0 Å². The highest BCUT2D eigenvalue weighted by Crippen LogP contribution is 2.20. The van der Waals surface area contributed by atoms with Crippen LogP contribution in [0.25, 0.3) is 0 Å². The van der Waals surface area contributed by atoms with Crippen LogP contribution >= 0.6 is 0 Å². The summed E-state index contributed by atoms with van der Waals surface area (Å²) in [6.45, 7) is 2.55. The molecule has 0 heterocycles. The lowest BCUT2D eigenvalue weighted by Gasteiger charge is -2.08. The summed E-state index contributed by atoms with van der Waals surface area (Å²) in [7, 11) is -0.768. The van der Waals surface area contributed by atoms with Crippen molar-refractivity contribution < 1.29 is 9.13 Å². The second kappa shape index (κ2) is 6.34. The van der Waals surface area contributed by atoms with Crippen LogP contribution in [0, 0.1) is 17.0 Å². The number of nitrogens with zero attached hydrogens (tertiary/aromatic N) is 1. The Morgan fingerprint density at radius 3 is 2.71 bits per heavy atom. The van der Waals surface area contributed by atoms with Crippen molar-refractivity contribution in [1.82, 2.24) is 0 Å². The number of nitrogens with one attached hydrogen (secondary N) is 1. The molecule has 0 aliphatic rings. The van der Waals surface area contributed by atoms with Crippen LogP contribution in [0.5, 0.6) is 0 Å². The summed E-state index contributed by atoms with van der Waals surface area (Å²) in [5, 5.41) is 13.7. The Morgan fingerprint density at radius 1 is 1.47 bits per heavy atom.